The molecule has 1 rings (SSSR count). The van der Waals surface area contributed by atoms with E-state index in [2.05, 4.69) is 4.98 Å². The van der Waals surface area contributed by atoms with Gasteiger partial charge in [0.1, 0.15) is 5.60 Å². The first-order chi connectivity index (χ1) is 8.42. The highest BCUT2D eigenvalue weighted by atomic mass is 16.6. The van der Waals surface area contributed by atoms with Gasteiger partial charge in [0, 0.05) is 25.5 Å². The van der Waals surface area contributed by atoms with Crippen molar-refractivity contribution in [1.29, 1.82) is 0 Å². The second-order valence-electron chi connectivity index (χ2n) is 5.05. The summed E-state index contributed by atoms with van der Waals surface area (Å²) in [4.78, 5) is 17.6. The maximum absolute atomic E-state index is 12.0. The first kappa shape index (κ1) is 14.4. The number of aromatic nitrogens is 1. The summed E-state index contributed by atoms with van der Waals surface area (Å²) in [5.41, 5.74) is 5.97. The standard InChI is InChI=1S/C13H21N3O2/c1-13(2,3)18-12(17)16(8-6-14)10-11-5-4-7-15-9-11/h4-5,7,9H,6,8,10,14H2,1-3H3. The van der Waals surface area contributed by atoms with E-state index >= 15 is 0 Å². The zero-order valence-corrected chi connectivity index (χ0v) is 11.2. The maximum Gasteiger partial charge on any atom is 0.410 e. The van der Waals surface area contributed by atoms with Gasteiger partial charge in [-0.2, -0.15) is 0 Å². The van der Waals surface area contributed by atoms with Gasteiger partial charge in [0.05, 0.1) is 6.54 Å². The second kappa shape index (κ2) is 6.35. The van der Waals surface area contributed by atoms with Gasteiger partial charge >= 0.3 is 6.09 Å². The van der Waals surface area contributed by atoms with Crippen molar-refractivity contribution < 1.29 is 9.53 Å². The molecule has 0 bridgehead atoms. The van der Waals surface area contributed by atoms with Crippen LogP contribution >= 0.6 is 0 Å². The molecule has 5 nitrogen and oxygen atoms in total. The summed E-state index contributed by atoms with van der Waals surface area (Å²) < 4.78 is 5.34. The van der Waals surface area contributed by atoms with Crippen LogP contribution in [0.5, 0.6) is 0 Å². The van der Waals surface area contributed by atoms with Gasteiger partial charge in [-0.1, -0.05) is 6.07 Å². The van der Waals surface area contributed by atoms with E-state index in [0.29, 0.717) is 19.6 Å². The summed E-state index contributed by atoms with van der Waals surface area (Å²) in [6.07, 6.45) is 3.08. The van der Waals surface area contributed by atoms with E-state index in [0.717, 1.165) is 5.56 Å². The van der Waals surface area contributed by atoms with Crippen molar-refractivity contribution in [3.8, 4) is 0 Å². The van der Waals surface area contributed by atoms with Crippen LogP contribution in [0.4, 0.5) is 4.79 Å². The number of amides is 1. The van der Waals surface area contributed by atoms with Crippen LogP contribution in [0.3, 0.4) is 0 Å². The molecule has 1 amide bonds. The molecule has 0 unspecified atom stereocenters. The molecule has 1 aromatic heterocycles. The molecule has 1 heterocycles. The van der Waals surface area contributed by atoms with Gasteiger partial charge in [0.25, 0.3) is 0 Å². The molecule has 0 aliphatic heterocycles. The van der Waals surface area contributed by atoms with Gasteiger partial charge in [-0.15, -0.1) is 0 Å². The third-order valence-electron chi connectivity index (χ3n) is 2.15. The summed E-state index contributed by atoms with van der Waals surface area (Å²) in [5, 5.41) is 0. The second-order valence-corrected chi connectivity index (χ2v) is 5.05. The third kappa shape index (κ3) is 5.14. The van der Waals surface area contributed by atoms with Crippen molar-refractivity contribution in [2.45, 2.75) is 32.9 Å². The van der Waals surface area contributed by atoms with Gasteiger partial charge in [-0.05, 0) is 32.4 Å². The molecule has 0 aromatic carbocycles. The molecule has 2 N–H and O–H groups in total. The molecule has 0 aliphatic carbocycles. The number of hydrogen-bond acceptors (Lipinski definition) is 4. The van der Waals surface area contributed by atoms with Crippen LogP contribution in [0.2, 0.25) is 0 Å². The Balaban J connectivity index is 2.68. The third-order valence-corrected chi connectivity index (χ3v) is 2.15. The molecule has 1 aromatic rings. The Labute approximate surface area is 108 Å². The van der Waals surface area contributed by atoms with E-state index in [-0.39, 0.29) is 6.09 Å². The van der Waals surface area contributed by atoms with E-state index in [9.17, 15) is 4.79 Å². The molecule has 0 saturated carbocycles. The number of nitrogens with zero attached hydrogens (tertiary/aromatic N) is 2. The highest BCUT2D eigenvalue weighted by molar-refractivity contribution is 5.68. The average molecular weight is 251 g/mol. The molecule has 0 fully saturated rings. The number of ether oxygens (including phenoxy) is 1. The summed E-state index contributed by atoms with van der Waals surface area (Å²) in [6, 6.07) is 3.76. The molecule has 100 valence electrons. The summed E-state index contributed by atoms with van der Waals surface area (Å²) in [5.74, 6) is 0. The highest BCUT2D eigenvalue weighted by Crippen LogP contribution is 2.11. The van der Waals surface area contributed by atoms with Crippen LogP contribution in [0.15, 0.2) is 24.5 Å². The predicted molar refractivity (Wildman–Crippen MR) is 69.9 cm³/mol. The summed E-state index contributed by atoms with van der Waals surface area (Å²) in [7, 11) is 0. The lowest BCUT2D eigenvalue weighted by Crippen LogP contribution is -2.39. The van der Waals surface area contributed by atoms with Crippen LogP contribution in [-0.2, 0) is 11.3 Å². The fourth-order valence-electron chi connectivity index (χ4n) is 1.43. The minimum atomic E-state index is -0.501. The van der Waals surface area contributed by atoms with Gasteiger partial charge in [0.2, 0.25) is 0 Å². The number of carbonyl (C=O) groups is 1. The zero-order valence-electron chi connectivity index (χ0n) is 11.2. The van der Waals surface area contributed by atoms with Gasteiger partial charge in [-0.25, -0.2) is 4.79 Å². The Hall–Kier alpha value is -1.62. The maximum atomic E-state index is 12.0. The first-order valence-corrected chi connectivity index (χ1v) is 5.99. The molecule has 0 atom stereocenters. The van der Waals surface area contributed by atoms with E-state index in [4.69, 9.17) is 10.5 Å². The average Bonchev–Trinajstić information content (AvgIpc) is 2.27. The van der Waals surface area contributed by atoms with E-state index in [1.807, 2.05) is 32.9 Å². The Kier molecular flexibility index (Phi) is 5.09. The van der Waals surface area contributed by atoms with Gasteiger partial charge in [0.15, 0.2) is 0 Å². The Morgan fingerprint density at radius 3 is 2.72 bits per heavy atom. The molecular weight excluding hydrogens is 230 g/mol. The van der Waals surface area contributed by atoms with Crippen LogP contribution in [0.25, 0.3) is 0 Å². The first-order valence-electron chi connectivity index (χ1n) is 5.99. The summed E-state index contributed by atoms with van der Waals surface area (Å²) in [6.45, 7) is 6.85. The number of hydrogen-bond donors (Lipinski definition) is 1. The fourth-order valence-corrected chi connectivity index (χ4v) is 1.43. The number of carbonyl (C=O) groups excluding carboxylic acids is 1. The van der Waals surface area contributed by atoms with Crippen molar-refractivity contribution in [1.82, 2.24) is 9.88 Å². The van der Waals surface area contributed by atoms with Crippen LogP contribution in [-0.4, -0.2) is 34.7 Å². The molecular formula is C13H21N3O2. The molecule has 5 heteroatoms. The molecule has 0 aliphatic rings. The number of pyridine rings is 1. The van der Waals surface area contributed by atoms with Crippen molar-refractivity contribution in [3.05, 3.63) is 30.1 Å². The SMILES string of the molecule is CC(C)(C)OC(=O)N(CCN)Cc1cccnc1. The number of rotatable bonds is 4. The Bertz CT molecular complexity index is 374. The minimum absolute atomic E-state index is 0.350. The Morgan fingerprint density at radius 1 is 1.50 bits per heavy atom. The zero-order chi connectivity index (χ0) is 13.6. The fraction of sp³-hybridized carbons (Fsp3) is 0.538. The predicted octanol–water partition coefficient (Wildman–Crippen LogP) is 1.78. The van der Waals surface area contributed by atoms with Crippen molar-refractivity contribution >= 4 is 6.09 Å². The lowest BCUT2D eigenvalue weighted by atomic mass is 10.2. The molecule has 18 heavy (non-hydrogen) atoms. The lowest BCUT2D eigenvalue weighted by Gasteiger charge is -2.27. The van der Waals surface area contributed by atoms with Crippen LogP contribution in [0, 0.1) is 0 Å². The normalized spacial score (nSPS) is 11.1. The Morgan fingerprint density at radius 2 is 2.22 bits per heavy atom. The van der Waals surface area contributed by atoms with E-state index in [1.165, 1.54) is 0 Å². The van der Waals surface area contributed by atoms with Crippen LogP contribution in [0.1, 0.15) is 26.3 Å². The van der Waals surface area contributed by atoms with Crippen molar-refractivity contribution in [2.24, 2.45) is 5.73 Å². The molecule has 0 saturated heterocycles. The monoisotopic (exact) mass is 251 g/mol. The van der Waals surface area contributed by atoms with Crippen molar-refractivity contribution in [2.75, 3.05) is 13.1 Å². The van der Waals surface area contributed by atoms with Crippen molar-refractivity contribution in [3.63, 3.8) is 0 Å². The smallest absolute Gasteiger partial charge is 0.410 e. The molecule has 0 radical (unpaired) electrons. The molecule has 0 spiro atoms. The van der Waals surface area contributed by atoms with Gasteiger partial charge < -0.3 is 15.4 Å². The topological polar surface area (TPSA) is 68.5 Å². The largest absolute Gasteiger partial charge is 0.444 e. The quantitative estimate of drug-likeness (QED) is 0.885. The van der Waals surface area contributed by atoms with Crippen LogP contribution < -0.4 is 5.73 Å². The number of nitrogens with two attached hydrogens (primary N) is 1. The van der Waals surface area contributed by atoms with E-state index < -0.39 is 5.60 Å². The highest BCUT2D eigenvalue weighted by Gasteiger charge is 2.21. The minimum Gasteiger partial charge on any atom is -0.444 e. The van der Waals surface area contributed by atoms with E-state index in [1.54, 1.807) is 17.3 Å². The summed E-state index contributed by atoms with van der Waals surface area (Å²) >= 11 is 0. The lowest BCUT2D eigenvalue weighted by molar-refractivity contribution is 0.0239. The van der Waals surface area contributed by atoms with Gasteiger partial charge in [-0.3, -0.25) is 4.98 Å².